The maximum absolute atomic E-state index is 10.3. The van der Waals surface area contributed by atoms with Crippen molar-refractivity contribution in [2.45, 2.75) is 31.7 Å². The molecule has 0 N–H and O–H groups in total. The second-order valence-electron chi connectivity index (χ2n) is 3.69. The molecule has 1 saturated carbocycles. The highest BCUT2D eigenvalue weighted by atomic mass is 16.3. The smallest absolute Gasteiger partial charge is 0.0925 e. The molecule has 3 atom stereocenters. The van der Waals surface area contributed by atoms with Gasteiger partial charge in [-0.1, -0.05) is 17.3 Å². The van der Waals surface area contributed by atoms with Crippen molar-refractivity contribution in [3.63, 3.8) is 0 Å². The van der Waals surface area contributed by atoms with Crippen LogP contribution in [0.1, 0.15) is 25.7 Å². The largest absolute Gasteiger partial charge is 0.151 e. The quantitative estimate of drug-likeness (QED) is 0.418. The number of allylic oxidation sites excluding steroid dienone is 2. The number of rotatable bonds is 1. The highest BCUT2D eigenvalue weighted by Crippen LogP contribution is 2.40. The summed E-state index contributed by atoms with van der Waals surface area (Å²) >= 11 is 0. The lowest BCUT2D eigenvalue weighted by Gasteiger charge is -2.19. The molecule has 2 heteroatoms. The predicted molar refractivity (Wildman–Crippen MR) is 44.2 cm³/mol. The van der Waals surface area contributed by atoms with E-state index < -0.39 is 0 Å². The number of hydrogen-bond donors (Lipinski definition) is 0. The lowest BCUT2D eigenvalue weighted by Crippen LogP contribution is -2.08. The molecule has 0 aliphatic heterocycles. The first-order valence-electron chi connectivity index (χ1n) is 4.37. The monoisotopic (exact) mass is 151 g/mol. The zero-order valence-corrected chi connectivity index (χ0v) is 6.57. The van der Waals surface area contributed by atoms with Crippen LogP contribution in [0.15, 0.2) is 17.3 Å². The standard InChI is InChI=1S/C9H13NO/c11-10-9-5-7-3-1-2-4-8(7)6-9/h1-2,7-9H,3-6H2/t7-,8+,9?. The second-order valence-corrected chi connectivity index (χ2v) is 3.69. The minimum absolute atomic E-state index is 0.130. The van der Waals surface area contributed by atoms with Crippen molar-refractivity contribution in [1.29, 1.82) is 0 Å². The van der Waals surface area contributed by atoms with Gasteiger partial charge < -0.3 is 0 Å². The molecule has 0 saturated heterocycles. The average Bonchev–Trinajstić information content (AvgIpc) is 2.46. The summed E-state index contributed by atoms with van der Waals surface area (Å²) in [4.78, 5) is 10.3. The van der Waals surface area contributed by atoms with E-state index in [1.165, 1.54) is 12.8 Å². The van der Waals surface area contributed by atoms with Crippen LogP contribution in [0.3, 0.4) is 0 Å². The summed E-state index contributed by atoms with van der Waals surface area (Å²) in [6.45, 7) is 0. The topological polar surface area (TPSA) is 29.4 Å². The molecular formula is C9H13NO. The molecule has 0 spiro atoms. The molecule has 2 nitrogen and oxygen atoms in total. The van der Waals surface area contributed by atoms with E-state index in [1.807, 2.05) is 0 Å². The minimum Gasteiger partial charge on any atom is -0.151 e. The van der Waals surface area contributed by atoms with Crippen LogP contribution in [0.2, 0.25) is 0 Å². The van der Waals surface area contributed by atoms with Gasteiger partial charge in [-0.2, -0.15) is 4.91 Å². The Labute approximate surface area is 66.7 Å². The third kappa shape index (κ3) is 1.22. The molecule has 0 aromatic heterocycles. The molecule has 1 fully saturated rings. The first-order valence-corrected chi connectivity index (χ1v) is 4.37. The molecule has 60 valence electrons. The third-order valence-electron chi connectivity index (χ3n) is 3.01. The number of hydrogen-bond acceptors (Lipinski definition) is 2. The molecule has 0 bridgehead atoms. The van der Waals surface area contributed by atoms with Gasteiger partial charge in [0.1, 0.15) is 0 Å². The van der Waals surface area contributed by atoms with Crippen LogP contribution in [-0.4, -0.2) is 6.04 Å². The zero-order valence-electron chi connectivity index (χ0n) is 6.57. The molecule has 0 heterocycles. The average molecular weight is 151 g/mol. The van der Waals surface area contributed by atoms with Gasteiger partial charge in [0.2, 0.25) is 0 Å². The van der Waals surface area contributed by atoms with Crippen molar-refractivity contribution >= 4 is 0 Å². The summed E-state index contributed by atoms with van der Waals surface area (Å²) in [5, 5.41) is 3.13. The molecule has 0 aromatic rings. The first-order chi connectivity index (χ1) is 5.40. The van der Waals surface area contributed by atoms with Crippen LogP contribution in [0.5, 0.6) is 0 Å². The fraction of sp³-hybridized carbons (Fsp3) is 0.778. The molecule has 0 radical (unpaired) electrons. The van der Waals surface area contributed by atoms with Crippen LogP contribution in [0.25, 0.3) is 0 Å². The lowest BCUT2D eigenvalue weighted by atomic mass is 9.86. The maximum atomic E-state index is 10.3. The maximum Gasteiger partial charge on any atom is 0.0925 e. The fourth-order valence-electron chi connectivity index (χ4n) is 2.39. The van der Waals surface area contributed by atoms with Crippen LogP contribution < -0.4 is 0 Å². The highest BCUT2D eigenvalue weighted by Gasteiger charge is 2.34. The summed E-state index contributed by atoms with van der Waals surface area (Å²) in [5.74, 6) is 1.53. The third-order valence-corrected chi connectivity index (χ3v) is 3.01. The van der Waals surface area contributed by atoms with E-state index in [-0.39, 0.29) is 6.04 Å². The van der Waals surface area contributed by atoms with E-state index in [1.54, 1.807) is 0 Å². The van der Waals surface area contributed by atoms with Crippen LogP contribution in [-0.2, 0) is 0 Å². The summed E-state index contributed by atoms with van der Waals surface area (Å²) in [5.41, 5.74) is 0. The van der Waals surface area contributed by atoms with Crippen molar-refractivity contribution in [3.05, 3.63) is 17.1 Å². The van der Waals surface area contributed by atoms with Crippen molar-refractivity contribution < 1.29 is 0 Å². The number of nitroso groups, excluding NO2 is 1. The van der Waals surface area contributed by atoms with Crippen molar-refractivity contribution in [1.82, 2.24) is 0 Å². The summed E-state index contributed by atoms with van der Waals surface area (Å²) in [6.07, 6.45) is 8.92. The Balaban J connectivity index is 2.03. The fourth-order valence-corrected chi connectivity index (χ4v) is 2.39. The van der Waals surface area contributed by atoms with Crippen LogP contribution in [0, 0.1) is 16.7 Å². The SMILES string of the molecule is O=NC1C[C@H]2CC=CC[C@H]2C1. The molecule has 1 unspecified atom stereocenters. The van der Waals surface area contributed by atoms with Gasteiger partial charge in [0.05, 0.1) is 6.04 Å². The van der Waals surface area contributed by atoms with E-state index >= 15 is 0 Å². The van der Waals surface area contributed by atoms with E-state index in [9.17, 15) is 4.91 Å². The summed E-state index contributed by atoms with van der Waals surface area (Å²) in [7, 11) is 0. The van der Waals surface area contributed by atoms with Gasteiger partial charge in [-0.15, -0.1) is 0 Å². The number of nitrogens with zero attached hydrogens (tertiary/aromatic N) is 1. The Bertz CT molecular complexity index is 172. The van der Waals surface area contributed by atoms with Gasteiger partial charge in [-0.25, -0.2) is 0 Å². The van der Waals surface area contributed by atoms with Gasteiger partial charge in [0.25, 0.3) is 0 Å². The normalized spacial score (nSPS) is 42.0. The van der Waals surface area contributed by atoms with E-state index in [4.69, 9.17) is 0 Å². The lowest BCUT2D eigenvalue weighted by molar-refractivity contribution is 0.380. The molecule has 2 aliphatic rings. The molecule has 2 rings (SSSR count). The van der Waals surface area contributed by atoms with Gasteiger partial charge >= 0.3 is 0 Å². The van der Waals surface area contributed by atoms with Gasteiger partial charge in [0.15, 0.2) is 0 Å². The van der Waals surface area contributed by atoms with Crippen LogP contribution >= 0.6 is 0 Å². The summed E-state index contributed by atoms with van der Waals surface area (Å²) in [6, 6.07) is 0.130. The van der Waals surface area contributed by atoms with Crippen molar-refractivity contribution in [2.75, 3.05) is 0 Å². The van der Waals surface area contributed by atoms with Crippen molar-refractivity contribution in [3.8, 4) is 0 Å². The Morgan fingerprint density at radius 3 is 2.09 bits per heavy atom. The number of fused-ring (bicyclic) bond motifs is 1. The Hall–Kier alpha value is -0.660. The second kappa shape index (κ2) is 2.76. The van der Waals surface area contributed by atoms with Gasteiger partial charge in [0, 0.05) is 0 Å². The predicted octanol–water partition coefficient (Wildman–Crippen LogP) is 2.50. The van der Waals surface area contributed by atoms with Gasteiger partial charge in [-0.05, 0) is 37.5 Å². The van der Waals surface area contributed by atoms with Crippen LogP contribution in [0.4, 0.5) is 0 Å². The summed E-state index contributed by atoms with van der Waals surface area (Å²) < 4.78 is 0. The van der Waals surface area contributed by atoms with Crippen molar-refractivity contribution in [2.24, 2.45) is 17.0 Å². The Morgan fingerprint density at radius 2 is 1.64 bits per heavy atom. The zero-order chi connectivity index (χ0) is 7.68. The van der Waals surface area contributed by atoms with E-state index in [2.05, 4.69) is 17.3 Å². The Kier molecular flexibility index (Phi) is 1.76. The minimum atomic E-state index is 0.130. The molecule has 0 amide bonds. The molecule has 0 aromatic carbocycles. The van der Waals surface area contributed by atoms with Gasteiger partial charge in [-0.3, -0.25) is 0 Å². The Morgan fingerprint density at radius 1 is 1.09 bits per heavy atom. The highest BCUT2D eigenvalue weighted by molar-refractivity contribution is 5.00. The van der Waals surface area contributed by atoms with E-state index in [0.717, 1.165) is 24.7 Å². The van der Waals surface area contributed by atoms with E-state index in [0.29, 0.717) is 0 Å². The molecule has 2 aliphatic carbocycles. The molecular weight excluding hydrogens is 138 g/mol. The molecule has 11 heavy (non-hydrogen) atoms. The first kappa shape index (κ1) is 7.01.